The molecule has 0 saturated heterocycles. The van der Waals surface area contributed by atoms with E-state index in [1.165, 1.54) is 0 Å². The first-order valence-electron chi connectivity index (χ1n) is 5.39. The number of carboxylic acid groups (broad SMARTS) is 1. The lowest BCUT2D eigenvalue weighted by atomic mass is 9.95. The first-order valence-corrected chi connectivity index (χ1v) is 6.98. The van der Waals surface area contributed by atoms with Gasteiger partial charge in [-0.05, 0) is 43.5 Å². The van der Waals surface area contributed by atoms with E-state index in [-0.39, 0.29) is 5.57 Å². The Balaban J connectivity index is 3.35. The Morgan fingerprint density at radius 2 is 2.00 bits per heavy atom. The van der Waals surface area contributed by atoms with E-state index in [9.17, 15) is 9.90 Å². The zero-order chi connectivity index (χ0) is 13.9. The number of halogens is 2. The van der Waals surface area contributed by atoms with Crippen molar-refractivity contribution >= 4 is 43.4 Å². The van der Waals surface area contributed by atoms with E-state index in [2.05, 4.69) is 31.9 Å². The van der Waals surface area contributed by atoms with E-state index in [0.717, 1.165) is 14.5 Å². The van der Waals surface area contributed by atoms with Crippen LogP contribution in [-0.4, -0.2) is 22.3 Å². The highest BCUT2D eigenvalue weighted by Crippen LogP contribution is 2.32. The highest BCUT2D eigenvalue weighted by atomic mass is 79.9. The van der Waals surface area contributed by atoms with E-state index < -0.39 is 12.1 Å². The molecule has 1 unspecified atom stereocenters. The highest BCUT2D eigenvalue weighted by Gasteiger charge is 2.16. The van der Waals surface area contributed by atoms with Gasteiger partial charge in [0.25, 0.3) is 0 Å². The van der Waals surface area contributed by atoms with Crippen LogP contribution in [0, 0.1) is 0 Å². The predicted octanol–water partition coefficient (Wildman–Crippen LogP) is 3.84. The van der Waals surface area contributed by atoms with Crippen molar-refractivity contribution in [3.05, 3.63) is 38.3 Å². The first-order chi connectivity index (χ1) is 8.32. The molecule has 0 aliphatic carbocycles. The minimum atomic E-state index is -0.972. The van der Waals surface area contributed by atoms with Gasteiger partial charge in [0, 0.05) is 14.5 Å². The topological polar surface area (TPSA) is 57.5 Å². The molecule has 98 valence electrons. The minimum absolute atomic E-state index is 0.249. The van der Waals surface area contributed by atoms with Crippen molar-refractivity contribution in [3.63, 3.8) is 0 Å². The number of rotatable bonds is 4. The van der Waals surface area contributed by atoms with Crippen molar-refractivity contribution in [1.82, 2.24) is 0 Å². The molecule has 5 heteroatoms. The van der Waals surface area contributed by atoms with Crippen LogP contribution in [0.4, 0.5) is 0 Å². The largest absolute Gasteiger partial charge is 0.478 e. The Bertz CT molecular complexity index is 493. The minimum Gasteiger partial charge on any atom is -0.478 e. The highest BCUT2D eigenvalue weighted by molar-refractivity contribution is 9.11. The lowest BCUT2D eigenvalue weighted by Gasteiger charge is -2.14. The fourth-order valence-corrected chi connectivity index (χ4v) is 2.91. The maximum Gasteiger partial charge on any atom is 0.331 e. The molecule has 1 atom stereocenters. The summed E-state index contributed by atoms with van der Waals surface area (Å²) in [4.78, 5) is 11.1. The Labute approximate surface area is 123 Å². The molecule has 0 aromatic heterocycles. The molecule has 0 aliphatic heterocycles. The van der Waals surface area contributed by atoms with Crippen LogP contribution in [0.2, 0.25) is 0 Å². The molecule has 0 heterocycles. The van der Waals surface area contributed by atoms with E-state index >= 15 is 0 Å². The quantitative estimate of drug-likeness (QED) is 0.783. The van der Waals surface area contributed by atoms with Crippen molar-refractivity contribution in [2.45, 2.75) is 26.4 Å². The fourth-order valence-electron chi connectivity index (χ4n) is 1.62. The number of hydrogen-bond donors (Lipinski definition) is 2. The number of carboxylic acids is 1. The number of carbonyl (C=O) groups is 1. The van der Waals surface area contributed by atoms with Crippen LogP contribution >= 0.6 is 31.9 Å². The smallest absolute Gasteiger partial charge is 0.331 e. The average Bonchev–Trinajstić information content (AvgIpc) is 2.25. The van der Waals surface area contributed by atoms with Crippen LogP contribution < -0.4 is 0 Å². The zero-order valence-corrected chi connectivity index (χ0v) is 13.2. The maximum atomic E-state index is 11.1. The van der Waals surface area contributed by atoms with Crippen molar-refractivity contribution in [2.24, 2.45) is 0 Å². The Hall–Kier alpha value is -0.650. The summed E-state index contributed by atoms with van der Waals surface area (Å²) in [6, 6.07) is 5.53. The van der Waals surface area contributed by atoms with E-state index in [0.29, 0.717) is 12.0 Å². The normalized spacial score (nSPS) is 14.1. The molecule has 1 aromatic carbocycles. The number of aliphatic hydroxyl groups excluding tert-OH is 1. The van der Waals surface area contributed by atoms with Gasteiger partial charge in [0.1, 0.15) is 0 Å². The lowest BCUT2D eigenvalue weighted by molar-refractivity contribution is -0.132. The second kappa shape index (κ2) is 6.50. The molecular formula is C13H14Br2O3. The monoisotopic (exact) mass is 376 g/mol. The molecule has 3 nitrogen and oxygen atoms in total. The summed E-state index contributed by atoms with van der Waals surface area (Å²) in [5.41, 5.74) is 1.68. The van der Waals surface area contributed by atoms with E-state index in [4.69, 9.17) is 5.11 Å². The van der Waals surface area contributed by atoms with Gasteiger partial charge in [-0.25, -0.2) is 4.79 Å². The van der Waals surface area contributed by atoms with Crippen LogP contribution in [-0.2, 0) is 4.79 Å². The van der Waals surface area contributed by atoms with Crippen molar-refractivity contribution in [3.8, 4) is 0 Å². The summed E-state index contributed by atoms with van der Waals surface area (Å²) in [5.74, 6) is -0.972. The third-order valence-corrected chi connectivity index (χ3v) is 3.68. The van der Waals surface area contributed by atoms with Crippen LogP contribution in [0.5, 0.6) is 0 Å². The second-order valence-corrected chi connectivity index (χ2v) is 5.86. The second-order valence-electron chi connectivity index (χ2n) is 4.09. The Morgan fingerprint density at radius 1 is 1.39 bits per heavy atom. The summed E-state index contributed by atoms with van der Waals surface area (Å²) in [6.07, 6.45) is -0.289. The molecule has 0 aliphatic rings. The number of benzene rings is 1. The van der Waals surface area contributed by atoms with Gasteiger partial charge in [0.15, 0.2) is 0 Å². The van der Waals surface area contributed by atoms with Gasteiger partial charge < -0.3 is 10.2 Å². The van der Waals surface area contributed by atoms with Crippen LogP contribution in [0.3, 0.4) is 0 Å². The van der Waals surface area contributed by atoms with E-state index in [1.54, 1.807) is 13.8 Å². The average molecular weight is 378 g/mol. The fraction of sp³-hybridized carbons (Fsp3) is 0.308. The molecular weight excluding hydrogens is 364 g/mol. The maximum absolute atomic E-state index is 11.1. The third kappa shape index (κ3) is 3.93. The summed E-state index contributed by atoms with van der Waals surface area (Å²) in [5, 5.41) is 18.6. The lowest BCUT2D eigenvalue weighted by Crippen LogP contribution is -2.07. The standard InChI is InChI=1S/C13H14Br2O3/c1-7(16)5-11(8(2)13(17)18)10-4-3-9(14)6-12(10)15/h3-4,6-7,16H,5H2,1-2H3,(H,17,18). The molecule has 1 rings (SSSR count). The Kier molecular flexibility index (Phi) is 5.56. The van der Waals surface area contributed by atoms with Gasteiger partial charge in [-0.15, -0.1) is 0 Å². The molecule has 0 amide bonds. The summed E-state index contributed by atoms with van der Waals surface area (Å²) in [6.45, 7) is 3.19. The summed E-state index contributed by atoms with van der Waals surface area (Å²) in [7, 11) is 0. The van der Waals surface area contributed by atoms with Gasteiger partial charge in [0.2, 0.25) is 0 Å². The molecule has 1 aromatic rings. The number of aliphatic hydroxyl groups is 1. The summed E-state index contributed by atoms with van der Waals surface area (Å²) >= 11 is 6.77. The number of hydrogen-bond acceptors (Lipinski definition) is 2. The third-order valence-electron chi connectivity index (χ3n) is 2.53. The molecule has 18 heavy (non-hydrogen) atoms. The molecule has 0 radical (unpaired) electrons. The molecule has 0 spiro atoms. The Morgan fingerprint density at radius 3 is 2.44 bits per heavy atom. The number of aliphatic carboxylic acids is 1. The van der Waals surface area contributed by atoms with Crippen LogP contribution in [0.1, 0.15) is 25.8 Å². The molecule has 2 N–H and O–H groups in total. The summed E-state index contributed by atoms with van der Waals surface area (Å²) < 4.78 is 1.70. The molecule has 0 saturated carbocycles. The van der Waals surface area contributed by atoms with Gasteiger partial charge in [-0.3, -0.25) is 0 Å². The first kappa shape index (κ1) is 15.4. The zero-order valence-electron chi connectivity index (χ0n) is 10.1. The van der Waals surface area contributed by atoms with Crippen LogP contribution in [0.25, 0.3) is 5.57 Å². The molecule has 0 fully saturated rings. The van der Waals surface area contributed by atoms with Crippen molar-refractivity contribution < 1.29 is 15.0 Å². The van der Waals surface area contributed by atoms with Crippen LogP contribution in [0.15, 0.2) is 32.7 Å². The van der Waals surface area contributed by atoms with Gasteiger partial charge >= 0.3 is 5.97 Å². The van der Waals surface area contributed by atoms with Crippen molar-refractivity contribution in [1.29, 1.82) is 0 Å². The van der Waals surface area contributed by atoms with Gasteiger partial charge in [-0.1, -0.05) is 37.9 Å². The van der Waals surface area contributed by atoms with Gasteiger partial charge in [0.05, 0.1) is 6.10 Å². The SMILES string of the molecule is CC(C(=O)O)=C(CC(C)O)c1ccc(Br)cc1Br. The predicted molar refractivity (Wildman–Crippen MR) is 78.4 cm³/mol. The molecule has 0 bridgehead atoms. The van der Waals surface area contributed by atoms with Gasteiger partial charge in [-0.2, -0.15) is 0 Å². The van der Waals surface area contributed by atoms with Crippen molar-refractivity contribution in [2.75, 3.05) is 0 Å². The van der Waals surface area contributed by atoms with E-state index in [1.807, 2.05) is 18.2 Å².